The van der Waals surface area contributed by atoms with E-state index in [2.05, 4.69) is 0 Å². The predicted molar refractivity (Wildman–Crippen MR) is 41.6 cm³/mol. The van der Waals surface area contributed by atoms with Gasteiger partial charge in [0.2, 0.25) is 0 Å². The molecular weight excluding hydrogens is 166 g/mol. The summed E-state index contributed by atoms with van der Waals surface area (Å²) in [4.78, 5) is 9.71. The number of hydrogen-bond acceptors (Lipinski definition) is 4. The Labute approximate surface area is 67.2 Å². The van der Waals surface area contributed by atoms with Crippen molar-refractivity contribution < 1.29 is 10.0 Å². The van der Waals surface area contributed by atoms with Crippen LogP contribution in [0.5, 0.6) is 0 Å². The molecule has 0 saturated carbocycles. The molecule has 0 radical (unpaired) electrons. The quantitative estimate of drug-likeness (QED) is 0.547. The van der Waals surface area contributed by atoms with E-state index < -0.39 is 11.0 Å². The van der Waals surface area contributed by atoms with Gasteiger partial charge in [0.1, 0.15) is 0 Å². The number of aliphatic hydroxyl groups excluding tert-OH is 1. The fraction of sp³-hybridized carbons (Fsp3) is 0.333. The molecule has 0 fully saturated rings. The van der Waals surface area contributed by atoms with Crippen LogP contribution in [0.3, 0.4) is 0 Å². The molecule has 0 aliphatic carbocycles. The number of hydrogen-bond donors (Lipinski definition) is 1. The first-order valence-corrected chi connectivity index (χ1v) is 3.90. The van der Waals surface area contributed by atoms with E-state index in [9.17, 15) is 10.1 Å². The first-order valence-electron chi connectivity index (χ1n) is 3.02. The van der Waals surface area contributed by atoms with Crippen LogP contribution in [-0.2, 0) is 0 Å². The van der Waals surface area contributed by atoms with E-state index in [1.807, 2.05) is 0 Å². The monoisotopic (exact) mass is 173 g/mol. The summed E-state index contributed by atoms with van der Waals surface area (Å²) in [5, 5.41) is 20.8. The van der Waals surface area contributed by atoms with Crippen LogP contribution in [-0.4, -0.2) is 10.0 Å². The van der Waals surface area contributed by atoms with Crippen molar-refractivity contribution in [3.8, 4) is 0 Å². The van der Waals surface area contributed by atoms with E-state index in [0.717, 1.165) is 11.3 Å². The van der Waals surface area contributed by atoms with Gasteiger partial charge in [0.15, 0.2) is 0 Å². The van der Waals surface area contributed by atoms with Crippen LogP contribution >= 0.6 is 11.3 Å². The lowest BCUT2D eigenvalue weighted by Gasteiger charge is -1.95. The largest absolute Gasteiger partial charge is 0.389 e. The molecule has 1 N–H and O–H groups in total. The van der Waals surface area contributed by atoms with Crippen molar-refractivity contribution in [2.24, 2.45) is 0 Å². The molecule has 0 aliphatic heterocycles. The predicted octanol–water partition coefficient (Wildman–Crippen LogP) is 1.71. The number of nitrogens with zero attached hydrogens (tertiary/aromatic N) is 1. The lowest BCUT2D eigenvalue weighted by molar-refractivity contribution is -0.380. The first kappa shape index (κ1) is 8.16. The van der Waals surface area contributed by atoms with Gasteiger partial charge in [-0.1, -0.05) is 11.3 Å². The molecule has 1 atom stereocenters. The maximum absolute atomic E-state index is 10.2. The summed E-state index contributed by atoms with van der Waals surface area (Å²) in [5.74, 6) is 0. The molecule has 5 heteroatoms. The molecular formula is C6H7NO3S. The average Bonchev–Trinajstić information content (AvgIpc) is 2.33. The van der Waals surface area contributed by atoms with Gasteiger partial charge in [-0.3, -0.25) is 10.1 Å². The molecule has 11 heavy (non-hydrogen) atoms. The highest BCUT2D eigenvalue weighted by molar-refractivity contribution is 7.13. The van der Waals surface area contributed by atoms with Crippen LogP contribution in [0.2, 0.25) is 0 Å². The molecule has 1 rings (SSSR count). The van der Waals surface area contributed by atoms with Gasteiger partial charge in [0.05, 0.1) is 11.0 Å². The highest BCUT2D eigenvalue weighted by atomic mass is 32.1. The van der Waals surface area contributed by atoms with E-state index in [-0.39, 0.29) is 5.00 Å². The molecule has 0 aromatic carbocycles. The second kappa shape index (κ2) is 2.98. The molecule has 60 valence electrons. The Morgan fingerprint density at radius 1 is 1.82 bits per heavy atom. The van der Waals surface area contributed by atoms with Gasteiger partial charge in [0, 0.05) is 11.4 Å². The van der Waals surface area contributed by atoms with Gasteiger partial charge in [-0.2, -0.15) is 0 Å². The van der Waals surface area contributed by atoms with Gasteiger partial charge in [-0.15, -0.1) is 0 Å². The average molecular weight is 173 g/mol. The molecule has 1 heterocycles. The van der Waals surface area contributed by atoms with Crippen molar-refractivity contribution in [3.05, 3.63) is 27.1 Å². The summed E-state index contributed by atoms with van der Waals surface area (Å²) in [5.41, 5.74) is 0.599. The fourth-order valence-corrected chi connectivity index (χ4v) is 1.47. The standard InChI is InChI=1S/C6H7NO3S/c1-4(8)5-2-6(7(9)10)11-3-5/h2-4,8H,1H3. The zero-order valence-corrected chi connectivity index (χ0v) is 6.67. The minimum absolute atomic E-state index is 0.0703. The molecule has 0 bridgehead atoms. The fourth-order valence-electron chi connectivity index (χ4n) is 0.654. The lowest BCUT2D eigenvalue weighted by atomic mass is 10.2. The molecule has 0 spiro atoms. The van der Waals surface area contributed by atoms with Crippen molar-refractivity contribution in [2.45, 2.75) is 13.0 Å². The van der Waals surface area contributed by atoms with Crippen LogP contribution in [0, 0.1) is 10.1 Å². The van der Waals surface area contributed by atoms with Crippen molar-refractivity contribution in [1.82, 2.24) is 0 Å². The number of aliphatic hydroxyl groups is 1. The topological polar surface area (TPSA) is 63.4 Å². The maximum Gasteiger partial charge on any atom is 0.324 e. The maximum atomic E-state index is 10.2. The SMILES string of the molecule is CC(O)c1csc([N+](=O)[O-])c1. The summed E-state index contributed by atoms with van der Waals surface area (Å²) >= 11 is 1.03. The smallest absolute Gasteiger partial charge is 0.324 e. The molecule has 1 aromatic heterocycles. The normalized spacial score (nSPS) is 12.9. The Balaban J connectivity index is 2.90. The summed E-state index contributed by atoms with van der Waals surface area (Å²) in [6.45, 7) is 1.58. The number of nitro groups is 1. The highest BCUT2D eigenvalue weighted by Gasteiger charge is 2.11. The zero-order valence-electron chi connectivity index (χ0n) is 5.85. The third kappa shape index (κ3) is 1.75. The second-order valence-electron chi connectivity index (χ2n) is 2.15. The van der Waals surface area contributed by atoms with Crippen LogP contribution in [0.15, 0.2) is 11.4 Å². The van der Waals surface area contributed by atoms with E-state index >= 15 is 0 Å². The Morgan fingerprint density at radius 3 is 2.73 bits per heavy atom. The van der Waals surface area contributed by atoms with Crippen molar-refractivity contribution >= 4 is 16.3 Å². The van der Waals surface area contributed by atoms with Crippen LogP contribution < -0.4 is 0 Å². The lowest BCUT2D eigenvalue weighted by Crippen LogP contribution is -1.87. The van der Waals surface area contributed by atoms with E-state index in [1.165, 1.54) is 6.07 Å². The minimum atomic E-state index is -0.625. The summed E-state index contributed by atoms with van der Waals surface area (Å²) in [7, 11) is 0. The van der Waals surface area contributed by atoms with Gasteiger partial charge in [-0.25, -0.2) is 0 Å². The zero-order chi connectivity index (χ0) is 8.43. The third-order valence-corrected chi connectivity index (χ3v) is 2.17. The van der Waals surface area contributed by atoms with Gasteiger partial charge in [0.25, 0.3) is 0 Å². The van der Waals surface area contributed by atoms with Crippen LogP contribution in [0.1, 0.15) is 18.6 Å². The van der Waals surface area contributed by atoms with Gasteiger partial charge < -0.3 is 5.11 Å². The third-order valence-electron chi connectivity index (χ3n) is 1.27. The van der Waals surface area contributed by atoms with E-state index in [4.69, 9.17) is 5.11 Å². The van der Waals surface area contributed by atoms with Crippen LogP contribution in [0.4, 0.5) is 5.00 Å². The number of thiophene rings is 1. The summed E-state index contributed by atoms with van der Waals surface area (Å²) in [6.07, 6.45) is -0.625. The summed E-state index contributed by atoms with van der Waals surface area (Å²) < 4.78 is 0. The molecule has 1 unspecified atom stereocenters. The number of rotatable bonds is 2. The van der Waals surface area contributed by atoms with Gasteiger partial charge in [-0.05, 0) is 12.5 Å². The van der Waals surface area contributed by atoms with Crippen molar-refractivity contribution in [2.75, 3.05) is 0 Å². The Morgan fingerprint density at radius 2 is 2.45 bits per heavy atom. The van der Waals surface area contributed by atoms with Gasteiger partial charge >= 0.3 is 5.00 Å². The Bertz CT molecular complexity index is 269. The second-order valence-corrected chi connectivity index (χ2v) is 3.04. The molecule has 0 amide bonds. The van der Waals surface area contributed by atoms with Crippen molar-refractivity contribution in [1.29, 1.82) is 0 Å². The van der Waals surface area contributed by atoms with E-state index in [0.29, 0.717) is 5.56 Å². The molecule has 4 nitrogen and oxygen atoms in total. The first-order chi connectivity index (χ1) is 5.11. The highest BCUT2D eigenvalue weighted by Crippen LogP contribution is 2.26. The Kier molecular flexibility index (Phi) is 2.21. The molecule has 0 aliphatic rings. The van der Waals surface area contributed by atoms with E-state index in [1.54, 1.807) is 12.3 Å². The van der Waals surface area contributed by atoms with Crippen LogP contribution in [0.25, 0.3) is 0 Å². The molecule has 0 saturated heterocycles. The molecule has 1 aromatic rings. The Hall–Kier alpha value is -0.940. The summed E-state index contributed by atoms with van der Waals surface area (Å²) in [6, 6.07) is 1.38. The van der Waals surface area contributed by atoms with Crippen molar-refractivity contribution in [3.63, 3.8) is 0 Å². The minimum Gasteiger partial charge on any atom is -0.389 e.